The van der Waals surface area contributed by atoms with Crippen molar-refractivity contribution in [2.75, 3.05) is 13.1 Å². The van der Waals surface area contributed by atoms with Crippen molar-refractivity contribution in [2.45, 2.75) is 75.8 Å². The molecule has 3 fully saturated rings. The summed E-state index contributed by atoms with van der Waals surface area (Å²) in [5.74, 6) is -0.116. The first-order valence-electron chi connectivity index (χ1n) is 9.16. The molecule has 3 saturated heterocycles. The zero-order chi connectivity index (χ0) is 19.3. The van der Waals surface area contributed by atoms with Gasteiger partial charge < -0.3 is 14.5 Å². The van der Waals surface area contributed by atoms with Crippen LogP contribution in [0.25, 0.3) is 0 Å². The van der Waals surface area contributed by atoms with Crippen LogP contribution in [0.4, 0.5) is 8.68 Å². The molecule has 3 aliphatic heterocycles. The van der Waals surface area contributed by atoms with Crippen LogP contribution in [0.3, 0.4) is 0 Å². The summed E-state index contributed by atoms with van der Waals surface area (Å²) in [5.41, 5.74) is -0.539. The van der Waals surface area contributed by atoms with Gasteiger partial charge in [-0.3, -0.25) is 4.79 Å². The molecule has 3 rings (SSSR count). The summed E-state index contributed by atoms with van der Waals surface area (Å²) >= 11 is 0. The van der Waals surface area contributed by atoms with Crippen LogP contribution in [-0.4, -0.2) is 66.2 Å². The standard InChI is InChI=1S/C17H27FN2O5S/c1-17(2,3)25-16(22)20-12-4-5-13(20)7-11(6-12)9-19-10-14(8-15(19)21)26(18,23)24/h11-14H,4-10H2,1-3H3/t11?,12-,13+,14?. The predicted octanol–water partition coefficient (Wildman–Crippen LogP) is 2.06. The van der Waals surface area contributed by atoms with Gasteiger partial charge in [0.1, 0.15) is 10.9 Å². The third-order valence-electron chi connectivity index (χ3n) is 5.49. The number of likely N-dealkylation sites (tertiary alicyclic amines) is 1. The van der Waals surface area contributed by atoms with Crippen LogP contribution in [0.15, 0.2) is 0 Å². The van der Waals surface area contributed by atoms with E-state index in [1.54, 1.807) is 0 Å². The van der Waals surface area contributed by atoms with Crippen molar-refractivity contribution in [3.05, 3.63) is 0 Å². The third-order valence-corrected chi connectivity index (χ3v) is 6.60. The molecule has 3 aliphatic rings. The highest BCUT2D eigenvalue weighted by molar-refractivity contribution is 7.87. The van der Waals surface area contributed by atoms with Gasteiger partial charge in [-0.2, -0.15) is 8.42 Å². The SMILES string of the molecule is CC(C)(C)OC(=O)N1[C@@H]2CC[C@H]1CC(CN1CC(S(=O)(=O)F)CC1=O)C2. The first kappa shape index (κ1) is 19.4. The van der Waals surface area contributed by atoms with Gasteiger partial charge in [0, 0.05) is 31.6 Å². The lowest BCUT2D eigenvalue weighted by atomic mass is 9.90. The van der Waals surface area contributed by atoms with Gasteiger partial charge in [-0.05, 0) is 52.4 Å². The number of fused-ring (bicyclic) bond motifs is 2. The second-order valence-electron chi connectivity index (χ2n) is 8.71. The summed E-state index contributed by atoms with van der Waals surface area (Å²) in [6.07, 6.45) is 2.78. The quantitative estimate of drug-likeness (QED) is 0.689. The van der Waals surface area contributed by atoms with E-state index >= 15 is 0 Å². The molecule has 26 heavy (non-hydrogen) atoms. The Morgan fingerprint density at radius 1 is 1.23 bits per heavy atom. The first-order chi connectivity index (χ1) is 11.9. The van der Waals surface area contributed by atoms with Crippen molar-refractivity contribution in [1.29, 1.82) is 0 Å². The summed E-state index contributed by atoms with van der Waals surface area (Å²) in [6, 6.07) is 0.180. The van der Waals surface area contributed by atoms with E-state index in [1.807, 2.05) is 25.7 Å². The maximum absolute atomic E-state index is 13.2. The molecule has 0 saturated carbocycles. The summed E-state index contributed by atoms with van der Waals surface area (Å²) in [4.78, 5) is 27.8. The maximum Gasteiger partial charge on any atom is 0.410 e. The van der Waals surface area contributed by atoms with E-state index in [0.29, 0.717) is 6.54 Å². The minimum Gasteiger partial charge on any atom is -0.444 e. The molecule has 2 unspecified atom stereocenters. The fourth-order valence-electron chi connectivity index (χ4n) is 4.46. The van der Waals surface area contributed by atoms with Crippen molar-refractivity contribution < 1.29 is 26.6 Å². The van der Waals surface area contributed by atoms with Crippen LogP contribution in [0.1, 0.15) is 52.9 Å². The van der Waals surface area contributed by atoms with Gasteiger partial charge in [-0.15, -0.1) is 3.89 Å². The summed E-state index contributed by atoms with van der Waals surface area (Å²) in [7, 11) is -4.69. The van der Waals surface area contributed by atoms with E-state index in [-0.39, 0.29) is 43.0 Å². The van der Waals surface area contributed by atoms with Gasteiger partial charge in [0.2, 0.25) is 5.91 Å². The Hall–Kier alpha value is -1.38. The van der Waals surface area contributed by atoms with E-state index < -0.39 is 21.1 Å². The third kappa shape index (κ3) is 4.13. The second kappa shape index (κ2) is 6.65. The molecule has 4 atom stereocenters. The molecule has 148 valence electrons. The van der Waals surface area contributed by atoms with Crippen molar-refractivity contribution >= 4 is 22.2 Å². The van der Waals surface area contributed by atoms with Crippen molar-refractivity contribution in [1.82, 2.24) is 9.80 Å². The summed E-state index contributed by atoms with van der Waals surface area (Å²) in [6.45, 7) is 5.88. The van der Waals surface area contributed by atoms with Crippen LogP contribution in [0.5, 0.6) is 0 Å². The fraction of sp³-hybridized carbons (Fsp3) is 0.882. The lowest BCUT2D eigenvalue weighted by Crippen LogP contribution is -2.50. The molecule has 9 heteroatoms. The van der Waals surface area contributed by atoms with E-state index in [9.17, 15) is 21.9 Å². The Morgan fingerprint density at radius 3 is 2.27 bits per heavy atom. The lowest BCUT2D eigenvalue weighted by Gasteiger charge is -2.40. The largest absolute Gasteiger partial charge is 0.444 e. The number of hydrogen-bond donors (Lipinski definition) is 0. The van der Waals surface area contributed by atoms with Gasteiger partial charge in [-0.25, -0.2) is 4.79 Å². The predicted molar refractivity (Wildman–Crippen MR) is 92.6 cm³/mol. The Bertz CT molecular complexity index is 676. The van der Waals surface area contributed by atoms with Gasteiger partial charge in [0.15, 0.2) is 0 Å². The zero-order valence-corrected chi connectivity index (χ0v) is 16.3. The van der Waals surface area contributed by atoms with Crippen molar-refractivity contribution in [2.24, 2.45) is 5.92 Å². The second-order valence-corrected chi connectivity index (χ2v) is 10.3. The van der Waals surface area contributed by atoms with Gasteiger partial charge in [0.05, 0.1) is 0 Å². The van der Waals surface area contributed by atoms with Gasteiger partial charge in [-0.1, -0.05) is 0 Å². The summed E-state index contributed by atoms with van der Waals surface area (Å²) < 4.78 is 40.8. The minimum absolute atomic E-state index is 0.0702. The number of hydrogen-bond acceptors (Lipinski definition) is 5. The topological polar surface area (TPSA) is 84.0 Å². The molecule has 0 aromatic heterocycles. The average molecular weight is 390 g/mol. The van der Waals surface area contributed by atoms with Crippen molar-refractivity contribution in [3.8, 4) is 0 Å². The average Bonchev–Trinajstić information content (AvgIpc) is 2.96. The van der Waals surface area contributed by atoms with E-state index in [4.69, 9.17) is 4.74 Å². The van der Waals surface area contributed by atoms with Crippen LogP contribution >= 0.6 is 0 Å². The lowest BCUT2D eigenvalue weighted by molar-refractivity contribution is -0.128. The number of halogens is 1. The van der Waals surface area contributed by atoms with E-state index in [0.717, 1.165) is 25.7 Å². The number of nitrogens with zero attached hydrogens (tertiary/aromatic N) is 2. The van der Waals surface area contributed by atoms with Crippen molar-refractivity contribution in [3.63, 3.8) is 0 Å². The molecule has 7 nitrogen and oxygen atoms in total. The highest BCUT2D eigenvalue weighted by atomic mass is 32.3. The number of ether oxygens (including phenoxy) is 1. The van der Waals surface area contributed by atoms with Crippen LogP contribution in [0, 0.1) is 5.92 Å². The molecule has 0 spiro atoms. The normalized spacial score (nSPS) is 32.2. The van der Waals surface area contributed by atoms with Gasteiger partial charge >= 0.3 is 16.3 Å². The number of carbonyl (C=O) groups excluding carboxylic acids is 2. The van der Waals surface area contributed by atoms with E-state index in [2.05, 4.69) is 0 Å². The van der Waals surface area contributed by atoms with Gasteiger partial charge in [0.25, 0.3) is 0 Å². The molecular weight excluding hydrogens is 363 g/mol. The Morgan fingerprint density at radius 2 is 1.81 bits per heavy atom. The van der Waals surface area contributed by atoms with Crippen LogP contribution < -0.4 is 0 Å². The number of piperidine rings is 1. The smallest absolute Gasteiger partial charge is 0.410 e. The summed E-state index contributed by atoms with van der Waals surface area (Å²) in [5, 5.41) is -1.24. The maximum atomic E-state index is 13.2. The number of rotatable bonds is 3. The Kier molecular flexibility index (Phi) is 4.96. The van der Waals surface area contributed by atoms with E-state index in [1.165, 1.54) is 4.90 Å². The molecular formula is C17H27FN2O5S. The molecule has 0 N–H and O–H groups in total. The molecule has 2 amide bonds. The zero-order valence-electron chi connectivity index (χ0n) is 15.5. The molecule has 3 heterocycles. The number of amides is 2. The fourth-order valence-corrected chi connectivity index (χ4v) is 5.16. The molecule has 0 radical (unpaired) electrons. The van der Waals surface area contributed by atoms with Crippen LogP contribution in [0.2, 0.25) is 0 Å². The molecule has 0 aliphatic carbocycles. The molecule has 2 bridgehead atoms. The molecule has 0 aromatic carbocycles. The highest BCUT2D eigenvalue weighted by Crippen LogP contribution is 2.40. The highest BCUT2D eigenvalue weighted by Gasteiger charge is 2.46. The van der Waals surface area contributed by atoms with Crippen LogP contribution in [-0.2, 0) is 19.8 Å². The monoisotopic (exact) mass is 390 g/mol. The minimum atomic E-state index is -4.69. The first-order valence-corrected chi connectivity index (χ1v) is 10.6. The Balaban J connectivity index is 1.60. The molecule has 0 aromatic rings. The Labute approximate surface area is 154 Å². The number of carbonyl (C=O) groups is 2.